The number of ether oxygens (including phenoxy) is 1. The van der Waals surface area contributed by atoms with E-state index >= 15 is 0 Å². The molecule has 1 aromatic rings. The van der Waals surface area contributed by atoms with Gasteiger partial charge in [0.25, 0.3) is 0 Å². The van der Waals surface area contributed by atoms with E-state index in [9.17, 15) is 9.59 Å². The Morgan fingerprint density at radius 2 is 2.17 bits per heavy atom. The van der Waals surface area contributed by atoms with Crippen molar-refractivity contribution in [2.75, 3.05) is 13.2 Å². The highest BCUT2D eigenvalue weighted by Gasteiger charge is 2.03. The normalized spacial score (nSPS) is 9.83. The van der Waals surface area contributed by atoms with Crippen LogP contribution in [0.15, 0.2) is 28.7 Å². The van der Waals surface area contributed by atoms with Crippen molar-refractivity contribution in [2.45, 2.75) is 12.8 Å². The number of hydrogen-bond donors (Lipinski definition) is 2. The van der Waals surface area contributed by atoms with Gasteiger partial charge in [-0.15, -0.1) is 0 Å². The number of carboxylic acid groups (broad SMARTS) is 1. The lowest BCUT2D eigenvalue weighted by atomic mass is 10.3. The summed E-state index contributed by atoms with van der Waals surface area (Å²) in [4.78, 5) is 21.4. The Balaban J connectivity index is 2.15. The first-order valence-corrected chi connectivity index (χ1v) is 6.24. The summed E-state index contributed by atoms with van der Waals surface area (Å²) in [6, 6.07) is 7.42. The molecule has 0 fully saturated rings. The van der Waals surface area contributed by atoms with E-state index in [1.54, 1.807) is 0 Å². The number of nitrogens with one attached hydrogen (secondary N) is 1. The van der Waals surface area contributed by atoms with E-state index < -0.39 is 5.97 Å². The maximum atomic E-state index is 11.2. The average Bonchev–Trinajstić information content (AvgIpc) is 2.32. The molecule has 0 aliphatic carbocycles. The maximum Gasteiger partial charge on any atom is 0.322 e. The SMILES string of the molecule is O=C(O)CNC(=O)CCCOc1cccc(Br)c1. The van der Waals surface area contributed by atoms with E-state index in [4.69, 9.17) is 9.84 Å². The molecule has 0 unspecified atom stereocenters. The van der Waals surface area contributed by atoms with Gasteiger partial charge in [0.05, 0.1) is 6.61 Å². The van der Waals surface area contributed by atoms with E-state index in [1.807, 2.05) is 24.3 Å². The minimum Gasteiger partial charge on any atom is -0.494 e. The molecule has 1 amide bonds. The molecule has 0 heterocycles. The van der Waals surface area contributed by atoms with Crippen LogP contribution in [-0.2, 0) is 9.59 Å². The highest BCUT2D eigenvalue weighted by molar-refractivity contribution is 9.10. The summed E-state index contributed by atoms with van der Waals surface area (Å²) in [5, 5.41) is 10.7. The molecule has 0 radical (unpaired) electrons. The second kappa shape index (κ2) is 7.71. The van der Waals surface area contributed by atoms with Crippen LogP contribution in [0.2, 0.25) is 0 Å². The third-order valence-electron chi connectivity index (χ3n) is 2.05. The van der Waals surface area contributed by atoms with Gasteiger partial charge in [-0.25, -0.2) is 0 Å². The first-order valence-electron chi connectivity index (χ1n) is 5.45. The van der Waals surface area contributed by atoms with Gasteiger partial charge in [-0.2, -0.15) is 0 Å². The molecule has 0 atom stereocenters. The lowest BCUT2D eigenvalue weighted by molar-refractivity contribution is -0.137. The molecule has 0 aliphatic heterocycles. The molecule has 0 aliphatic rings. The predicted molar refractivity (Wildman–Crippen MR) is 69.5 cm³/mol. The van der Waals surface area contributed by atoms with Gasteiger partial charge in [-0.1, -0.05) is 22.0 Å². The third kappa shape index (κ3) is 6.24. The first kappa shape index (κ1) is 14.5. The van der Waals surface area contributed by atoms with Crippen molar-refractivity contribution in [2.24, 2.45) is 0 Å². The Hall–Kier alpha value is -1.56. The van der Waals surface area contributed by atoms with Crippen LogP contribution in [0.3, 0.4) is 0 Å². The minimum atomic E-state index is -1.05. The van der Waals surface area contributed by atoms with Crippen LogP contribution in [0.4, 0.5) is 0 Å². The standard InChI is InChI=1S/C12H14BrNO4/c13-9-3-1-4-10(7-9)18-6-2-5-11(15)14-8-12(16)17/h1,3-4,7H,2,5-6,8H2,(H,14,15)(H,16,17). The van der Waals surface area contributed by atoms with Crippen LogP contribution in [0.5, 0.6) is 5.75 Å². The molecule has 1 rings (SSSR count). The summed E-state index contributed by atoms with van der Waals surface area (Å²) in [6.07, 6.45) is 0.791. The van der Waals surface area contributed by atoms with Crippen LogP contribution in [-0.4, -0.2) is 30.1 Å². The van der Waals surface area contributed by atoms with Crippen LogP contribution >= 0.6 is 15.9 Å². The van der Waals surface area contributed by atoms with E-state index in [-0.39, 0.29) is 18.9 Å². The van der Waals surface area contributed by atoms with Crippen molar-refractivity contribution in [1.82, 2.24) is 5.32 Å². The first-order chi connectivity index (χ1) is 8.58. The number of carbonyl (C=O) groups excluding carboxylic acids is 1. The molecular formula is C12H14BrNO4. The second-order valence-electron chi connectivity index (χ2n) is 3.58. The van der Waals surface area contributed by atoms with Gasteiger partial charge in [0.15, 0.2) is 0 Å². The Bertz CT molecular complexity index is 422. The number of aliphatic carboxylic acids is 1. The molecule has 0 spiro atoms. The van der Waals surface area contributed by atoms with E-state index in [1.165, 1.54) is 0 Å². The number of carboxylic acids is 1. The summed E-state index contributed by atoms with van der Waals surface area (Å²) in [5.41, 5.74) is 0. The van der Waals surface area contributed by atoms with Crippen molar-refractivity contribution in [3.8, 4) is 5.75 Å². The highest BCUT2D eigenvalue weighted by Crippen LogP contribution is 2.17. The van der Waals surface area contributed by atoms with E-state index in [0.717, 1.165) is 10.2 Å². The summed E-state index contributed by atoms with van der Waals surface area (Å²) in [6.45, 7) is 0.0717. The Morgan fingerprint density at radius 3 is 2.83 bits per heavy atom. The molecule has 1 aromatic carbocycles. The number of carbonyl (C=O) groups is 2. The summed E-state index contributed by atoms with van der Waals surface area (Å²) >= 11 is 3.33. The molecule has 0 saturated heterocycles. The summed E-state index contributed by atoms with van der Waals surface area (Å²) < 4.78 is 6.37. The molecule has 0 saturated carbocycles. The molecule has 98 valence electrons. The van der Waals surface area contributed by atoms with Gasteiger partial charge in [0.2, 0.25) is 5.91 Å². The Labute approximate surface area is 113 Å². The molecule has 5 nitrogen and oxygen atoms in total. The number of halogens is 1. The number of rotatable bonds is 7. The minimum absolute atomic E-state index is 0.251. The van der Waals surface area contributed by atoms with Crippen molar-refractivity contribution in [3.05, 3.63) is 28.7 Å². The zero-order valence-electron chi connectivity index (χ0n) is 9.69. The van der Waals surface area contributed by atoms with Crippen LogP contribution in [0.1, 0.15) is 12.8 Å². The molecule has 0 bridgehead atoms. The van der Waals surface area contributed by atoms with Gasteiger partial charge in [0.1, 0.15) is 12.3 Å². The van der Waals surface area contributed by atoms with Crippen molar-refractivity contribution in [1.29, 1.82) is 0 Å². The smallest absolute Gasteiger partial charge is 0.322 e. The Morgan fingerprint density at radius 1 is 1.39 bits per heavy atom. The molecule has 6 heteroatoms. The van der Waals surface area contributed by atoms with Gasteiger partial charge in [-0.3, -0.25) is 9.59 Å². The van der Waals surface area contributed by atoms with Crippen LogP contribution in [0, 0.1) is 0 Å². The zero-order chi connectivity index (χ0) is 13.4. The van der Waals surface area contributed by atoms with Gasteiger partial charge < -0.3 is 15.2 Å². The fourth-order valence-corrected chi connectivity index (χ4v) is 1.62. The van der Waals surface area contributed by atoms with Gasteiger partial charge in [-0.05, 0) is 24.6 Å². The summed E-state index contributed by atoms with van der Waals surface area (Å²) in [7, 11) is 0. The van der Waals surface area contributed by atoms with Crippen LogP contribution < -0.4 is 10.1 Å². The molecular weight excluding hydrogens is 302 g/mol. The fourth-order valence-electron chi connectivity index (χ4n) is 1.24. The topological polar surface area (TPSA) is 75.6 Å². The molecule has 18 heavy (non-hydrogen) atoms. The average molecular weight is 316 g/mol. The summed E-state index contributed by atoms with van der Waals surface area (Å²) in [5.74, 6) is -0.598. The number of hydrogen-bond acceptors (Lipinski definition) is 3. The van der Waals surface area contributed by atoms with Crippen LogP contribution in [0.25, 0.3) is 0 Å². The Kier molecular flexibility index (Phi) is 6.21. The van der Waals surface area contributed by atoms with Gasteiger partial charge in [0, 0.05) is 10.9 Å². The monoisotopic (exact) mass is 315 g/mol. The largest absolute Gasteiger partial charge is 0.494 e. The maximum absolute atomic E-state index is 11.2. The quantitative estimate of drug-likeness (QED) is 0.752. The fraction of sp³-hybridized carbons (Fsp3) is 0.333. The van der Waals surface area contributed by atoms with Crippen molar-refractivity contribution < 1.29 is 19.4 Å². The van der Waals surface area contributed by atoms with Gasteiger partial charge >= 0.3 is 5.97 Å². The lowest BCUT2D eigenvalue weighted by Gasteiger charge is -2.06. The van der Waals surface area contributed by atoms with E-state index in [2.05, 4.69) is 21.2 Å². The van der Waals surface area contributed by atoms with Crippen molar-refractivity contribution in [3.63, 3.8) is 0 Å². The highest BCUT2D eigenvalue weighted by atomic mass is 79.9. The number of benzene rings is 1. The molecule has 2 N–H and O–H groups in total. The third-order valence-corrected chi connectivity index (χ3v) is 2.54. The second-order valence-corrected chi connectivity index (χ2v) is 4.50. The van der Waals surface area contributed by atoms with E-state index in [0.29, 0.717) is 13.0 Å². The zero-order valence-corrected chi connectivity index (χ0v) is 11.3. The number of amides is 1. The lowest BCUT2D eigenvalue weighted by Crippen LogP contribution is -2.29. The van der Waals surface area contributed by atoms with Crippen molar-refractivity contribution >= 4 is 27.8 Å². The predicted octanol–water partition coefficient (Wildman–Crippen LogP) is 1.81. The molecule has 0 aromatic heterocycles.